The van der Waals surface area contributed by atoms with Crippen LogP contribution in [0.1, 0.15) is 44.2 Å². The predicted molar refractivity (Wildman–Crippen MR) is 180 cm³/mol. The molecule has 1 saturated carbocycles. The van der Waals surface area contributed by atoms with Gasteiger partial charge in [-0.25, -0.2) is 0 Å². The molecule has 0 heterocycles. The van der Waals surface area contributed by atoms with Crippen LogP contribution in [0, 0.1) is 39.9 Å². The minimum Gasteiger partial charge on any atom is -0.875 e. The minimum atomic E-state index is -5.10. The van der Waals surface area contributed by atoms with Crippen molar-refractivity contribution in [2.75, 3.05) is 59.0 Å². The summed E-state index contributed by atoms with van der Waals surface area (Å²) in [6, 6.07) is 18.3. The van der Waals surface area contributed by atoms with Crippen LogP contribution in [0.15, 0.2) is 73.0 Å². The molecule has 0 spiro atoms. The number of aliphatic carboxylic acids is 4. The van der Waals surface area contributed by atoms with E-state index in [4.69, 9.17) is 9.05 Å². The fraction of sp³-hybridized carbons (Fsp3) is 0.486. The smallest absolute Gasteiger partial charge is 0.317 e. The number of carboxylic acids is 4. The molecule has 2 unspecified atom stereocenters. The standard InChI is InChI=1S/C34H46N3O13P.CH4.Gd/c1-25(38)18-35(20-30(39)40)16-17-36(21-31(41)42)19-28(37(22-32(43)44)23-33(45)46)24-49-51(47,48)50-29-12-14-34(15-13-29,26-8-4-2-5-9-26)27-10-6-3-7-11-27;;/h2-11,28-29,38H,1,12-24H2,(H,39,40)(H,41,42)(H,43,44)(H,45,46)(H,47,48);1H4;/p-4. The average molecular weight is 905 g/mol. The van der Waals surface area contributed by atoms with E-state index in [0.717, 1.165) is 16.0 Å². The van der Waals surface area contributed by atoms with Crippen LogP contribution < -0.4 is 20.2 Å². The van der Waals surface area contributed by atoms with Gasteiger partial charge < -0.3 is 49.1 Å². The van der Waals surface area contributed by atoms with Crippen LogP contribution in [0.4, 0.5) is 0 Å². The Kier molecular flexibility index (Phi) is 21.1. The van der Waals surface area contributed by atoms with E-state index in [-0.39, 0.29) is 72.4 Å². The summed E-state index contributed by atoms with van der Waals surface area (Å²) < 4.78 is 23.8. The van der Waals surface area contributed by atoms with Crippen molar-refractivity contribution in [2.24, 2.45) is 0 Å². The molecule has 18 heteroatoms. The van der Waals surface area contributed by atoms with Gasteiger partial charge in [0.05, 0.1) is 37.7 Å². The Morgan fingerprint density at radius 3 is 1.70 bits per heavy atom. The van der Waals surface area contributed by atoms with Crippen LogP contribution in [-0.4, -0.2) is 120 Å². The summed E-state index contributed by atoms with van der Waals surface area (Å²) in [7, 11) is -5.10. The molecule has 1 aliphatic rings. The van der Waals surface area contributed by atoms with Crippen molar-refractivity contribution in [3.05, 3.63) is 84.1 Å². The first-order chi connectivity index (χ1) is 24.1. The molecule has 53 heavy (non-hydrogen) atoms. The third-order valence-corrected chi connectivity index (χ3v) is 9.66. The number of carbonyl (C=O) groups excluding carboxylic acids is 2. The van der Waals surface area contributed by atoms with Crippen molar-refractivity contribution in [2.45, 2.75) is 50.7 Å². The number of phosphoric ester groups is 1. The molecule has 0 radical (unpaired) electrons. The van der Waals surface area contributed by atoms with Crippen LogP contribution >= 0.6 is 7.82 Å². The maximum absolute atomic E-state index is 13.2. The molecule has 3 rings (SSSR count). The Hall–Kier alpha value is -2.83. The molecular formula is C35H46GdN3O13P-4. The molecule has 0 aliphatic heterocycles. The second-order valence-electron chi connectivity index (χ2n) is 12.4. The zero-order valence-corrected chi connectivity index (χ0v) is 31.5. The van der Waals surface area contributed by atoms with Crippen LogP contribution in [0.2, 0.25) is 0 Å². The summed E-state index contributed by atoms with van der Waals surface area (Å²) >= 11 is 0. The minimum absolute atomic E-state index is 0. The van der Waals surface area contributed by atoms with Crippen molar-refractivity contribution in [1.29, 1.82) is 0 Å². The third kappa shape index (κ3) is 16.6. The number of carbonyl (C=O) groups is 4. The predicted octanol–water partition coefficient (Wildman–Crippen LogP) is -1.13. The molecule has 2 N–H and O–H groups in total. The van der Waals surface area contributed by atoms with Crippen molar-refractivity contribution in [3.8, 4) is 0 Å². The van der Waals surface area contributed by atoms with Crippen molar-refractivity contribution < 1.29 is 103 Å². The first-order valence-electron chi connectivity index (χ1n) is 16.2. The van der Waals surface area contributed by atoms with Gasteiger partial charge in [-0.1, -0.05) is 68.1 Å². The Bertz CT molecular complexity index is 1450. The monoisotopic (exact) mass is 905 g/mol. The number of benzene rings is 2. The van der Waals surface area contributed by atoms with E-state index < -0.39 is 88.9 Å². The average Bonchev–Trinajstić information content (AvgIpc) is 3.05. The zero-order chi connectivity index (χ0) is 37.6. The van der Waals surface area contributed by atoms with Gasteiger partial charge >= 0.3 is 11.9 Å². The Balaban J connectivity index is 0.00000702. The summed E-state index contributed by atoms with van der Waals surface area (Å²) in [5, 5.41) is 53.4. The van der Waals surface area contributed by atoms with Gasteiger partial charge in [0.25, 0.3) is 7.82 Å². The van der Waals surface area contributed by atoms with E-state index in [0.29, 0.717) is 25.7 Å². The third-order valence-electron chi connectivity index (χ3n) is 8.64. The van der Waals surface area contributed by atoms with Crippen LogP contribution in [0.5, 0.6) is 0 Å². The Labute approximate surface area is 341 Å². The molecule has 1 fully saturated rings. The number of rotatable bonds is 23. The normalized spacial score (nSPS) is 15.8. The molecule has 0 amide bonds. The first-order valence-corrected chi connectivity index (χ1v) is 17.7. The van der Waals surface area contributed by atoms with E-state index in [1.165, 1.54) is 9.80 Å². The molecule has 16 nitrogen and oxygen atoms in total. The van der Waals surface area contributed by atoms with Gasteiger partial charge in [0.15, 0.2) is 0 Å². The maximum Gasteiger partial charge on any atom is 0.317 e. The molecule has 2 aromatic rings. The number of nitrogens with zero attached hydrogens (tertiary/aromatic N) is 3. The van der Waals surface area contributed by atoms with Gasteiger partial charge in [0.1, 0.15) is 0 Å². The van der Waals surface area contributed by atoms with E-state index >= 15 is 0 Å². The van der Waals surface area contributed by atoms with E-state index in [2.05, 4.69) is 6.58 Å². The molecule has 0 aromatic heterocycles. The van der Waals surface area contributed by atoms with E-state index in [9.17, 15) is 54.2 Å². The summed E-state index contributed by atoms with van der Waals surface area (Å²) in [6.07, 6.45) is 1.05. The number of hydrogen-bond donors (Lipinski definition) is 2. The van der Waals surface area contributed by atoms with Gasteiger partial charge in [-0.2, -0.15) is 0 Å². The Morgan fingerprint density at radius 2 is 1.26 bits per heavy atom. The van der Waals surface area contributed by atoms with Crippen molar-refractivity contribution in [1.82, 2.24) is 14.7 Å². The number of phosphoric acid groups is 1. The summed E-state index contributed by atoms with van der Waals surface area (Å²) in [4.78, 5) is 62.4. The number of carboxylic acid groups (broad SMARTS) is 4. The summed E-state index contributed by atoms with van der Waals surface area (Å²) in [6.45, 7) is -2.07. The van der Waals surface area contributed by atoms with Crippen LogP contribution in [0.3, 0.4) is 0 Å². The molecular weight excluding hydrogens is 859 g/mol. The van der Waals surface area contributed by atoms with Crippen LogP contribution in [-0.2, 0) is 38.2 Å². The van der Waals surface area contributed by atoms with Gasteiger partial charge in [0, 0.05) is 90.7 Å². The molecule has 1 aliphatic carbocycles. The SMILES string of the molecule is C.C=C([O-])CN(CCN(CC(=O)O)CC(COP(=O)([O-])OC1CCC(c2ccccc2)(c2ccccc2)CC1)N(CC(=O)[O-])CC(=O)[O-])CC(=O)O.[Gd]. The van der Waals surface area contributed by atoms with Crippen molar-refractivity contribution in [3.63, 3.8) is 0 Å². The van der Waals surface area contributed by atoms with E-state index in [1.807, 2.05) is 60.7 Å². The van der Waals surface area contributed by atoms with Gasteiger partial charge in [-0.05, 0) is 36.8 Å². The summed E-state index contributed by atoms with van der Waals surface area (Å²) in [5.41, 5.74) is 1.77. The van der Waals surface area contributed by atoms with Gasteiger partial charge in [0.2, 0.25) is 0 Å². The fourth-order valence-electron chi connectivity index (χ4n) is 6.42. The quantitative estimate of drug-likeness (QED) is 0.0990. The van der Waals surface area contributed by atoms with Gasteiger partial charge in [-0.3, -0.25) is 28.9 Å². The molecule has 2 aromatic carbocycles. The first kappa shape index (κ1) is 48.2. The second-order valence-corrected chi connectivity index (χ2v) is 13.8. The fourth-order valence-corrected chi connectivity index (χ4v) is 7.41. The molecule has 0 bridgehead atoms. The van der Waals surface area contributed by atoms with E-state index in [1.54, 1.807) is 0 Å². The largest absolute Gasteiger partial charge is 0.875 e. The van der Waals surface area contributed by atoms with Gasteiger partial charge in [-0.15, -0.1) is 12.3 Å². The van der Waals surface area contributed by atoms with Crippen molar-refractivity contribution >= 4 is 31.7 Å². The maximum atomic E-state index is 13.2. The summed E-state index contributed by atoms with van der Waals surface area (Å²) in [5.74, 6) is -6.64. The molecule has 0 saturated heterocycles. The number of hydrogen-bond acceptors (Lipinski definition) is 14. The van der Waals surface area contributed by atoms with Crippen LogP contribution in [0.25, 0.3) is 0 Å². The Morgan fingerprint density at radius 1 is 0.811 bits per heavy atom. The zero-order valence-electron chi connectivity index (χ0n) is 28.4. The molecule has 296 valence electrons. The molecule has 2 atom stereocenters. The topological polar surface area (TPSA) is 246 Å². The second kappa shape index (κ2) is 23.2.